The fraction of sp³-hybridized carbons (Fsp3) is 0.333. The average Bonchev–Trinajstić information content (AvgIpc) is 2.30. The number of halogens is 1. The number of nitriles is 1. The van der Waals surface area contributed by atoms with Crippen molar-refractivity contribution >= 4 is 15.8 Å². The molecule has 0 aliphatic heterocycles. The summed E-state index contributed by atoms with van der Waals surface area (Å²) in [4.78, 5) is 10.5. The van der Waals surface area contributed by atoms with Gasteiger partial charge in [0.05, 0.1) is 29.1 Å². The van der Waals surface area contributed by atoms with Crippen LogP contribution in [-0.2, 0) is 20.4 Å². The maximum atomic E-state index is 13.6. The van der Waals surface area contributed by atoms with Gasteiger partial charge in [0.25, 0.3) is 0 Å². The first kappa shape index (κ1) is 15.1. The highest BCUT2D eigenvalue weighted by Crippen LogP contribution is 2.17. The van der Waals surface area contributed by atoms with Crippen molar-refractivity contribution in [2.75, 3.05) is 0 Å². The fourth-order valence-corrected chi connectivity index (χ4v) is 2.81. The van der Waals surface area contributed by atoms with Crippen molar-refractivity contribution in [1.82, 2.24) is 0 Å². The van der Waals surface area contributed by atoms with E-state index in [4.69, 9.17) is 10.4 Å². The summed E-state index contributed by atoms with van der Waals surface area (Å²) in [5, 5.41) is 16.0. The van der Waals surface area contributed by atoms with Gasteiger partial charge >= 0.3 is 5.97 Å². The molecule has 1 aromatic rings. The fourth-order valence-electron chi connectivity index (χ4n) is 1.47. The molecule has 0 radical (unpaired) electrons. The first-order valence-electron chi connectivity index (χ1n) is 5.38. The van der Waals surface area contributed by atoms with Crippen molar-refractivity contribution in [3.8, 4) is 6.07 Å². The second-order valence-electron chi connectivity index (χ2n) is 4.13. The van der Waals surface area contributed by atoms with Crippen LogP contribution < -0.4 is 0 Å². The standard InChI is InChI=1S/C12H12FNO4S/c1-8(4-12(15)16)19(17,18)7-10-3-2-9(6-14)5-11(10)13/h2-3,5,8H,4,7H2,1H3,(H,15,16). The van der Waals surface area contributed by atoms with Crippen molar-refractivity contribution in [2.24, 2.45) is 0 Å². The number of sulfone groups is 1. The zero-order valence-corrected chi connectivity index (χ0v) is 10.9. The smallest absolute Gasteiger partial charge is 0.304 e. The molecule has 1 atom stereocenters. The van der Waals surface area contributed by atoms with Gasteiger partial charge in [0.15, 0.2) is 9.84 Å². The normalized spacial score (nSPS) is 12.7. The van der Waals surface area contributed by atoms with Gasteiger partial charge in [-0.3, -0.25) is 4.79 Å². The van der Waals surface area contributed by atoms with E-state index in [1.54, 1.807) is 6.07 Å². The second kappa shape index (κ2) is 5.80. The van der Waals surface area contributed by atoms with Crippen LogP contribution in [0, 0.1) is 17.1 Å². The zero-order valence-electron chi connectivity index (χ0n) is 10.1. The Kier molecular flexibility index (Phi) is 4.62. The van der Waals surface area contributed by atoms with Gasteiger partial charge in [-0.2, -0.15) is 5.26 Å². The molecule has 102 valence electrons. The third kappa shape index (κ3) is 4.03. The SMILES string of the molecule is CC(CC(=O)O)S(=O)(=O)Cc1ccc(C#N)cc1F. The molecule has 1 unspecified atom stereocenters. The van der Waals surface area contributed by atoms with Gasteiger partial charge in [-0.25, -0.2) is 12.8 Å². The minimum Gasteiger partial charge on any atom is -0.481 e. The molecule has 1 N–H and O–H groups in total. The first-order valence-corrected chi connectivity index (χ1v) is 7.09. The van der Waals surface area contributed by atoms with Gasteiger partial charge in [0, 0.05) is 5.56 Å². The summed E-state index contributed by atoms with van der Waals surface area (Å²) in [7, 11) is -3.75. The maximum Gasteiger partial charge on any atom is 0.304 e. The van der Waals surface area contributed by atoms with E-state index in [0.29, 0.717) is 0 Å². The number of benzene rings is 1. The largest absolute Gasteiger partial charge is 0.481 e. The van der Waals surface area contributed by atoms with Gasteiger partial charge in [0.2, 0.25) is 0 Å². The van der Waals surface area contributed by atoms with Crippen molar-refractivity contribution in [1.29, 1.82) is 5.26 Å². The van der Waals surface area contributed by atoms with Crippen LogP contribution in [0.5, 0.6) is 0 Å². The monoisotopic (exact) mass is 285 g/mol. The molecule has 0 bridgehead atoms. The van der Waals surface area contributed by atoms with E-state index in [1.807, 2.05) is 0 Å². The molecular weight excluding hydrogens is 273 g/mol. The van der Waals surface area contributed by atoms with E-state index >= 15 is 0 Å². The minimum absolute atomic E-state index is 0.0729. The van der Waals surface area contributed by atoms with Crippen molar-refractivity contribution in [3.05, 3.63) is 35.1 Å². The lowest BCUT2D eigenvalue weighted by Crippen LogP contribution is -2.23. The highest BCUT2D eigenvalue weighted by Gasteiger charge is 2.25. The van der Waals surface area contributed by atoms with Crippen LogP contribution in [0.1, 0.15) is 24.5 Å². The summed E-state index contributed by atoms with van der Waals surface area (Å²) in [6.45, 7) is 1.27. The van der Waals surface area contributed by atoms with E-state index in [9.17, 15) is 17.6 Å². The molecule has 0 heterocycles. The highest BCUT2D eigenvalue weighted by molar-refractivity contribution is 7.91. The van der Waals surface area contributed by atoms with Crippen LogP contribution in [0.2, 0.25) is 0 Å². The number of hydrogen-bond acceptors (Lipinski definition) is 4. The number of carbonyl (C=O) groups is 1. The van der Waals surface area contributed by atoms with E-state index in [0.717, 1.165) is 6.07 Å². The van der Waals surface area contributed by atoms with Gasteiger partial charge in [-0.1, -0.05) is 6.07 Å². The van der Waals surface area contributed by atoms with Crippen molar-refractivity contribution in [3.63, 3.8) is 0 Å². The number of hydrogen-bond donors (Lipinski definition) is 1. The first-order chi connectivity index (χ1) is 8.76. The topological polar surface area (TPSA) is 95.2 Å². The summed E-state index contributed by atoms with van der Waals surface area (Å²) < 4.78 is 37.3. The Hall–Kier alpha value is -1.94. The predicted octanol–water partition coefficient (Wildman–Crippen LogP) is 1.48. The second-order valence-corrected chi connectivity index (χ2v) is 6.55. The van der Waals surface area contributed by atoms with Crippen molar-refractivity contribution in [2.45, 2.75) is 24.3 Å². The lowest BCUT2D eigenvalue weighted by molar-refractivity contribution is -0.136. The number of nitrogens with zero attached hydrogens (tertiary/aromatic N) is 1. The van der Waals surface area contributed by atoms with E-state index < -0.39 is 39.0 Å². The summed E-state index contributed by atoms with van der Waals surface area (Å²) in [6.07, 6.45) is -0.528. The molecule has 1 rings (SSSR count). The van der Waals surface area contributed by atoms with E-state index in [-0.39, 0.29) is 11.1 Å². The lowest BCUT2D eigenvalue weighted by atomic mass is 10.1. The maximum absolute atomic E-state index is 13.6. The molecule has 0 spiro atoms. The van der Waals surface area contributed by atoms with E-state index in [1.165, 1.54) is 19.1 Å². The minimum atomic E-state index is -3.75. The Morgan fingerprint density at radius 3 is 2.63 bits per heavy atom. The van der Waals surface area contributed by atoms with Gasteiger partial charge in [-0.15, -0.1) is 0 Å². The highest BCUT2D eigenvalue weighted by atomic mass is 32.2. The number of rotatable bonds is 5. The van der Waals surface area contributed by atoms with Crippen LogP contribution in [0.3, 0.4) is 0 Å². The molecule has 1 aromatic carbocycles. The Bertz CT molecular complexity index is 634. The number of carboxylic acids is 1. The molecule has 19 heavy (non-hydrogen) atoms. The predicted molar refractivity (Wildman–Crippen MR) is 65.5 cm³/mol. The Balaban J connectivity index is 2.96. The van der Waals surface area contributed by atoms with Crippen LogP contribution in [-0.4, -0.2) is 24.7 Å². The molecular formula is C12H12FNO4S. The molecule has 0 fully saturated rings. The third-order valence-corrected chi connectivity index (χ3v) is 4.72. The molecule has 7 heteroatoms. The van der Waals surface area contributed by atoms with Crippen LogP contribution >= 0.6 is 0 Å². The van der Waals surface area contributed by atoms with Gasteiger partial charge in [0.1, 0.15) is 5.82 Å². The van der Waals surface area contributed by atoms with Crippen molar-refractivity contribution < 1.29 is 22.7 Å². The average molecular weight is 285 g/mol. The summed E-state index contributed by atoms with van der Waals surface area (Å²) >= 11 is 0. The summed E-state index contributed by atoms with van der Waals surface area (Å²) in [5.41, 5.74) is 0.0217. The van der Waals surface area contributed by atoms with Gasteiger partial charge < -0.3 is 5.11 Å². The molecule has 0 saturated heterocycles. The van der Waals surface area contributed by atoms with Crippen LogP contribution in [0.15, 0.2) is 18.2 Å². The van der Waals surface area contributed by atoms with E-state index in [2.05, 4.69) is 0 Å². The summed E-state index contributed by atoms with van der Waals surface area (Å²) in [5.74, 6) is -2.60. The molecule has 0 amide bonds. The summed E-state index contributed by atoms with van der Waals surface area (Å²) in [6, 6.07) is 5.23. The molecule has 5 nitrogen and oxygen atoms in total. The van der Waals surface area contributed by atoms with Gasteiger partial charge in [-0.05, 0) is 19.1 Å². The zero-order chi connectivity index (χ0) is 14.6. The Morgan fingerprint density at radius 2 is 2.16 bits per heavy atom. The molecule has 0 aliphatic rings. The molecule has 0 aromatic heterocycles. The molecule has 0 saturated carbocycles. The Labute approximate surface area is 110 Å². The Morgan fingerprint density at radius 1 is 1.53 bits per heavy atom. The quantitative estimate of drug-likeness (QED) is 0.884. The van der Waals surface area contributed by atoms with Crippen LogP contribution in [0.4, 0.5) is 4.39 Å². The molecule has 0 aliphatic carbocycles. The number of aliphatic carboxylic acids is 1. The van der Waals surface area contributed by atoms with Crippen LogP contribution in [0.25, 0.3) is 0 Å². The number of carboxylic acid groups (broad SMARTS) is 1. The lowest BCUT2D eigenvalue weighted by Gasteiger charge is -2.11. The third-order valence-electron chi connectivity index (χ3n) is 2.61.